The molecule has 0 spiro atoms. The first-order chi connectivity index (χ1) is 10.6. The molecule has 0 saturated heterocycles. The molecule has 1 aliphatic carbocycles. The Morgan fingerprint density at radius 1 is 1.55 bits per heavy atom. The summed E-state index contributed by atoms with van der Waals surface area (Å²) >= 11 is 0. The van der Waals surface area contributed by atoms with Crippen LogP contribution in [-0.2, 0) is 19.4 Å². The Labute approximate surface area is 129 Å². The van der Waals surface area contributed by atoms with Crippen LogP contribution >= 0.6 is 0 Å². The molecule has 0 radical (unpaired) electrons. The van der Waals surface area contributed by atoms with Crippen LogP contribution in [0.2, 0.25) is 0 Å². The lowest BCUT2D eigenvalue weighted by Crippen LogP contribution is -2.27. The quantitative estimate of drug-likeness (QED) is 0.859. The first-order valence-corrected chi connectivity index (χ1v) is 7.89. The molecule has 2 aromatic rings. The molecule has 0 fully saturated rings. The fourth-order valence-corrected chi connectivity index (χ4v) is 2.90. The Morgan fingerprint density at radius 2 is 2.41 bits per heavy atom. The van der Waals surface area contributed by atoms with Crippen molar-refractivity contribution in [2.24, 2.45) is 5.92 Å². The van der Waals surface area contributed by atoms with E-state index in [1.54, 1.807) is 6.20 Å². The van der Waals surface area contributed by atoms with Gasteiger partial charge in [-0.1, -0.05) is 12.1 Å². The van der Waals surface area contributed by atoms with E-state index >= 15 is 0 Å². The van der Waals surface area contributed by atoms with Crippen LogP contribution in [0.3, 0.4) is 0 Å². The van der Waals surface area contributed by atoms with E-state index in [4.69, 9.17) is 4.52 Å². The van der Waals surface area contributed by atoms with Crippen molar-refractivity contribution in [3.8, 4) is 0 Å². The van der Waals surface area contributed by atoms with Crippen LogP contribution in [0.4, 0.5) is 0 Å². The Morgan fingerprint density at radius 3 is 3.18 bits per heavy atom. The summed E-state index contributed by atoms with van der Waals surface area (Å²) in [6, 6.07) is 1.97. The SMILES string of the molecule is Cc1ccnn1CCCNC(=O)c1noc2c1CC(C)CC2. The molecular weight excluding hydrogens is 280 g/mol. The molecule has 0 aliphatic heterocycles. The van der Waals surface area contributed by atoms with Gasteiger partial charge in [-0.3, -0.25) is 9.48 Å². The number of nitrogens with one attached hydrogen (secondary N) is 1. The highest BCUT2D eigenvalue weighted by Crippen LogP contribution is 2.27. The molecule has 0 aromatic carbocycles. The number of amides is 1. The maximum Gasteiger partial charge on any atom is 0.273 e. The molecule has 0 bridgehead atoms. The number of carbonyl (C=O) groups is 1. The smallest absolute Gasteiger partial charge is 0.273 e. The second-order valence-electron chi connectivity index (χ2n) is 6.09. The van der Waals surface area contributed by atoms with Crippen molar-refractivity contribution < 1.29 is 9.32 Å². The highest BCUT2D eigenvalue weighted by atomic mass is 16.5. The van der Waals surface area contributed by atoms with Crippen molar-refractivity contribution in [3.63, 3.8) is 0 Å². The van der Waals surface area contributed by atoms with Gasteiger partial charge in [-0.25, -0.2) is 0 Å². The second kappa shape index (κ2) is 6.34. The summed E-state index contributed by atoms with van der Waals surface area (Å²) in [6.07, 6.45) is 5.50. The van der Waals surface area contributed by atoms with Crippen molar-refractivity contribution in [2.45, 2.75) is 46.1 Å². The van der Waals surface area contributed by atoms with Gasteiger partial charge >= 0.3 is 0 Å². The molecule has 2 aromatic heterocycles. The van der Waals surface area contributed by atoms with E-state index in [9.17, 15) is 4.79 Å². The summed E-state index contributed by atoms with van der Waals surface area (Å²) in [4.78, 5) is 12.3. The van der Waals surface area contributed by atoms with Gasteiger partial charge in [-0.2, -0.15) is 5.10 Å². The number of rotatable bonds is 5. The average Bonchev–Trinajstić information content (AvgIpc) is 3.09. The maximum atomic E-state index is 12.3. The van der Waals surface area contributed by atoms with Gasteiger partial charge in [0.2, 0.25) is 0 Å². The Kier molecular flexibility index (Phi) is 4.27. The molecule has 1 aliphatic rings. The summed E-state index contributed by atoms with van der Waals surface area (Å²) in [7, 11) is 0. The van der Waals surface area contributed by atoms with Gasteiger partial charge in [0.25, 0.3) is 5.91 Å². The fourth-order valence-electron chi connectivity index (χ4n) is 2.90. The number of carbonyl (C=O) groups excluding carboxylic acids is 1. The van der Waals surface area contributed by atoms with E-state index in [2.05, 4.69) is 22.5 Å². The minimum Gasteiger partial charge on any atom is -0.360 e. The molecule has 6 heteroatoms. The molecule has 1 atom stereocenters. The molecule has 0 saturated carbocycles. The normalized spacial score (nSPS) is 17.3. The number of hydrogen-bond donors (Lipinski definition) is 1. The summed E-state index contributed by atoms with van der Waals surface area (Å²) in [5.74, 6) is 1.34. The predicted octanol–water partition coefficient (Wildman–Crippen LogP) is 2.12. The Hall–Kier alpha value is -2.11. The van der Waals surface area contributed by atoms with E-state index in [0.717, 1.165) is 49.2 Å². The summed E-state index contributed by atoms with van der Waals surface area (Å²) < 4.78 is 7.25. The zero-order valence-electron chi connectivity index (χ0n) is 13.1. The van der Waals surface area contributed by atoms with Crippen LogP contribution in [0, 0.1) is 12.8 Å². The first kappa shape index (κ1) is 14.8. The van der Waals surface area contributed by atoms with Crippen molar-refractivity contribution in [2.75, 3.05) is 6.54 Å². The van der Waals surface area contributed by atoms with E-state index in [-0.39, 0.29) is 5.91 Å². The highest BCUT2D eigenvalue weighted by molar-refractivity contribution is 5.93. The summed E-state index contributed by atoms with van der Waals surface area (Å²) in [6.45, 7) is 5.63. The third-order valence-electron chi connectivity index (χ3n) is 4.26. The van der Waals surface area contributed by atoms with Crippen LogP contribution in [-0.4, -0.2) is 27.4 Å². The van der Waals surface area contributed by atoms with Crippen LogP contribution < -0.4 is 5.32 Å². The highest BCUT2D eigenvalue weighted by Gasteiger charge is 2.26. The number of aryl methyl sites for hydroxylation is 3. The van der Waals surface area contributed by atoms with Gasteiger partial charge in [0.15, 0.2) is 5.69 Å². The maximum absolute atomic E-state index is 12.3. The molecule has 22 heavy (non-hydrogen) atoms. The van der Waals surface area contributed by atoms with Crippen molar-refractivity contribution >= 4 is 5.91 Å². The standard InChI is InChI=1S/C16H22N4O2/c1-11-4-5-14-13(10-11)15(19-22-14)16(21)17-7-3-9-20-12(2)6-8-18-20/h6,8,11H,3-5,7,9-10H2,1-2H3,(H,17,21). The van der Waals surface area contributed by atoms with E-state index < -0.39 is 0 Å². The van der Waals surface area contributed by atoms with Gasteiger partial charge in [0.05, 0.1) is 0 Å². The molecule has 118 valence electrons. The van der Waals surface area contributed by atoms with Gasteiger partial charge in [0.1, 0.15) is 5.76 Å². The Balaban J connectivity index is 1.52. The largest absolute Gasteiger partial charge is 0.360 e. The van der Waals surface area contributed by atoms with Crippen LogP contribution in [0.25, 0.3) is 0 Å². The van der Waals surface area contributed by atoms with Crippen LogP contribution in [0.1, 0.15) is 47.3 Å². The van der Waals surface area contributed by atoms with E-state index in [1.807, 2.05) is 17.7 Å². The lowest BCUT2D eigenvalue weighted by Gasteiger charge is -2.16. The lowest BCUT2D eigenvalue weighted by atomic mass is 9.88. The van der Waals surface area contributed by atoms with Gasteiger partial charge in [-0.15, -0.1) is 0 Å². The number of hydrogen-bond acceptors (Lipinski definition) is 4. The topological polar surface area (TPSA) is 73.0 Å². The minimum absolute atomic E-state index is 0.128. The van der Waals surface area contributed by atoms with E-state index in [1.165, 1.54) is 0 Å². The number of nitrogens with zero attached hydrogens (tertiary/aromatic N) is 3. The average molecular weight is 302 g/mol. The summed E-state index contributed by atoms with van der Waals surface area (Å²) in [5, 5.41) is 11.1. The van der Waals surface area contributed by atoms with Gasteiger partial charge in [-0.05, 0) is 38.2 Å². The van der Waals surface area contributed by atoms with Crippen LogP contribution in [0.15, 0.2) is 16.8 Å². The molecule has 1 N–H and O–H groups in total. The fraction of sp³-hybridized carbons (Fsp3) is 0.562. The molecule has 3 rings (SSSR count). The third kappa shape index (κ3) is 3.05. The molecule has 2 heterocycles. The number of aromatic nitrogens is 3. The monoisotopic (exact) mass is 302 g/mol. The zero-order valence-corrected chi connectivity index (χ0v) is 13.1. The molecule has 1 unspecified atom stereocenters. The molecule has 6 nitrogen and oxygen atoms in total. The number of fused-ring (bicyclic) bond motifs is 1. The lowest BCUT2D eigenvalue weighted by molar-refractivity contribution is 0.0942. The summed E-state index contributed by atoms with van der Waals surface area (Å²) in [5.41, 5.74) is 2.60. The first-order valence-electron chi connectivity index (χ1n) is 7.89. The predicted molar refractivity (Wildman–Crippen MR) is 81.6 cm³/mol. The third-order valence-corrected chi connectivity index (χ3v) is 4.26. The van der Waals surface area contributed by atoms with Crippen molar-refractivity contribution in [3.05, 3.63) is 35.0 Å². The second-order valence-corrected chi connectivity index (χ2v) is 6.09. The molecule has 1 amide bonds. The van der Waals surface area contributed by atoms with Gasteiger partial charge < -0.3 is 9.84 Å². The molecular formula is C16H22N4O2. The van der Waals surface area contributed by atoms with Crippen LogP contribution in [0.5, 0.6) is 0 Å². The Bertz CT molecular complexity index is 659. The van der Waals surface area contributed by atoms with E-state index in [0.29, 0.717) is 18.2 Å². The van der Waals surface area contributed by atoms with Crippen molar-refractivity contribution in [1.82, 2.24) is 20.3 Å². The minimum atomic E-state index is -0.128. The zero-order chi connectivity index (χ0) is 15.5. The van der Waals surface area contributed by atoms with Gasteiger partial charge in [0, 0.05) is 37.0 Å². The van der Waals surface area contributed by atoms with Crippen molar-refractivity contribution in [1.29, 1.82) is 0 Å².